The van der Waals surface area contributed by atoms with E-state index in [9.17, 15) is 18.4 Å². The molecule has 0 saturated carbocycles. The molecule has 2 aromatic heterocycles. The molecular formula is C27H27F2N7O2. The smallest absolute Gasteiger partial charge is 0.269 e. The van der Waals surface area contributed by atoms with Crippen molar-refractivity contribution in [2.45, 2.75) is 13.5 Å². The lowest BCUT2D eigenvalue weighted by Gasteiger charge is -2.36. The van der Waals surface area contributed by atoms with Crippen LogP contribution >= 0.6 is 0 Å². The van der Waals surface area contributed by atoms with Gasteiger partial charge in [0.05, 0.1) is 16.9 Å². The lowest BCUT2D eigenvalue weighted by atomic mass is 10.1. The number of carbonyl (C=O) groups excluding carboxylic acids is 1. The van der Waals surface area contributed by atoms with E-state index >= 15 is 0 Å². The quantitative estimate of drug-likeness (QED) is 0.336. The summed E-state index contributed by atoms with van der Waals surface area (Å²) in [5, 5.41) is 5.74. The van der Waals surface area contributed by atoms with E-state index in [0.717, 1.165) is 5.56 Å². The number of aryl methyl sites for hydroxylation is 1. The van der Waals surface area contributed by atoms with Crippen molar-refractivity contribution in [3.05, 3.63) is 87.6 Å². The monoisotopic (exact) mass is 519 g/mol. The fourth-order valence-corrected chi connectivity index (χ4v) is 4.54. The van der Waals surface area contributed by atoms with Gasteiger partial charge in [-0.25, -0.2) is 14.4 Å². The second-order valence-corrected chi connectivity index (χ2v) is 9.17. The fourth-order valence-electron chi connectivity index (χ4n) is 4.54. The van der Waals surface area contributed by atoms with E-state index in [2.05, 4.69) is 30.5 Å². The summed E-state index contributed by atoms with van der Waals surface area (Å²) in [6.07, 6.45) is 0. The molecule has 0 spiro atoms. The minimum atomic E-state index is -0.669. The number of hydrogen-bond acceptors (Lipinski definition) is 7. The molecule has 0 bridgehead atoms. The van der Waals surface area contributed by atoms with Gasteiger partial charge in [-0.3, -0.25) is 14.5 Å². The molecule has 0 radical (unpaired) electrons. The van der Waals surface area contributed by atoms with Crippen LogP contribution in [0.1, 0.15) is 21.7 Å². The van der Waals surface area contributed by atoms with Gasteiger partial charge in [-0.05, 0) is 61.0 Å². The Morgan fingerprint density at radius 2 is 1.76 bits per heavy atom. The molecule has 9 nitrogen and oxygen atoms in total. The molecule has 196 valence electrons. The van der Waals surface area contributed by atoms with Crippen LogP contribution in [0.25, 0.3) is 11.0 Å². The number of carbonyl (C=O) groups is 1. The molecule has 3 N–H and O–H groups in total. The number of pyridine rings is 1. The van der Waals surface area contributed by atoms with Crippen LogP contribution in [-0.2, 0) is 6.54 Å². The van der Waals surface area contributed by atoms with Crippen LogP contribution in [0.3, 0.4) is 0 Å². The van der Waals surface area contributed by atoms with Crippen molar-refractivity contribution in [3.8, 4) is 0 Å². The van der Waals surface area contributed by atoms with E-state index in [-0.39, 0.29) is 17.1 Å². The predicted octanol–water partition coefficient (Wildman–Crippen LogP) is 3.33. The minimum absolute atomic E-state index is 0.0384. The third-order valence-corrected chi connectivity index (χ3v) is 6.56. The normalized spacial score (nSPS) is 14.1. The summed E-state index contributed by atoms with van der Waals surface area (Å²) in [6, 6.07) is 13.0. The van der Waals surface area contributed by atoms with Crippen LogP contribution in [0, 0.1) is 18.7 Å². The summed E-state index contributed by atoms with van der Waals surface area (Å²) >= 11 is 0. The molecule has 1 aliphatic rings. The van der Waals surface area contributed by atoms with Gasteiger partial charge in [0, 0.05) is 45.5 Å². The lowest BCUT2D eigenvalue weighted by Crippen LogP contribution is -2.46. The third kappa shape index (κ3) is 5.32. The number of halogens is 2. The molecule has 1 amide bonds. The molecule has 1 fully saturated rings. The molecule has 1 aliphatic heterocycles. The Labute approximate surface area is 217 Å². The maximum Gasteiger partial charge on any atom is 0.269 e. The highest BCUT2D eigenvalue weighted by Crippen LogP contribution is 2.27. The molecule has 0 aliphatic carbocycles. The molecule has 2 aromatic carbocycles. The Hall–Kier alpha value is -4.38. The van der Waals surface area contributed by atoms with E-state index in [1.54, 1.807) is 25.1 Å². The number of piperazine rings is 1. The number of benzene rings is 2. The maximum atomic E-state index is 14.6. The Bertz CT molecular complexity index is 1550. The molecule has 4 aromatic rings. The van der Waals surface area contributed by atoms with Crippen molar-refractivity contribution in [1.29, 1.82) is 0 Å². The van der Waals surface area contributed by atoms with Gasteiger partial charge >= 0.3 is 0 Å². The summed E-state index contributed by atoms with van der Waals surface area (Å²) < 4.78 is 28.0. The van der Waals surface area contributed by atoms with Crippen LogP contribution in [-0.4, -0.2) is 59.0 Å². The number of hydrogen-bond donors (Lipinski definition) is 3. The zero-order valence-corrected chi connectivity index (χ0v) is 21.0. The highest BCUT2D eigenvalue weighted by atomic mass is 19.1. The standard InChI is InChI=1S/C27H27F2N7O2/c1-16-26(37)34-22-14-17(13-21(24(22)31-16)32-19-5-3-18(28)4-6-19)15-35-9-11-36(12-10-35)23-8-7-20(27(38)30-2)33-25(23)29/h3-8,13-14,32H,9-12,15H2,1-2H3,(H,30,38)(H,34,37). The number of nitrogens with one attached hydrogen (secondary N) is 3. The number of H-pyrrole nitrogens is 1. The highest BCUT2D eigenvalue weighted by Gasteiger charge is 2.22. The fraction of sp³-hybridized carbons (Fsp3) is 0.259. The van der Waals surface area contributed by atoms with Gasteiger partial charge in [0.25, 0.3) is 11.5 Å². The summed E-state index contributed by atoms with van der Waals surface area (Å²) in [7, 11) is 1.47. The lowest BCUT2D eigenvalue weighted by molar-refractivity contribution is 0.0957. The van der Waals surface area contributed by atoms with Crippen LogP contribution < -0.4 is 21.1 Å². The van der Waals surface area contributed by atoms with E-state index < -0.39 is 11.9 Å². The zero-order valence-electron chi connectivity index (χ0n) is 21.0. The Kier molecular flexibility index (Phi) is 7.01. The van der Waals surface area contributed by atoms with Crippen LogP contribution in [0.15, 0.2) is 53.3 Å². The van der Waals surface area contributed by atoms with Gasteiger partial charge in [-0.2, -0.15) is 4.39 Å². The summed E-state index contributed by atoms with van der Waals surface area (Å²) in [6.45, 7) is 4.79. The van der Waals surface area contributed by atoms with Crippen molar-refractivity contribution in [1.82, 2.24) is 25.2 Å². The summed E-state index contributed by atoms with van der Waals surface area (Å²) in [5.41, 5.74) is 4.08. The van der Waals surface area contributed by atoms with Gasteiger partial charge < -0.3 is 20.5 Å². The Morgan fingerprint density at radius 1 is 1.03 bits per heavy atom. The molecular weight excluding hydrogens is 492 g/mol. The number of nitrogens with zero attached hydrogens (tertiary/aromatic N) is 4. The summed E-state index contributed by atoms with van der Waals surface area (Å²) in [5.74, 6) is -1.43. The van der Waals surface area contributed by atoms with Crippen LogP contribution in [0.2, 0.25) is 0 Å². The minimum Gasteiger partial charge on any atom is -0.365 e. The molecule has 38 heavy (non-hydrogen) atoms. The first-order valence-electron chi connectivity index (χ1n) is 12.2. The number of aromatic nitrogens is 3. The van der Waals surface area contributed by atoms with Gasteiger partial charge in [-0.1, -0.05) is 0 Å². The largest absolute Gasteiger partial charge is 0.365 e. The number of aromatic amines is 1. The number of fused-ring (bicyclic) bond motifs is 1. The first-order valence-corrected chi connectivity index (χ1v) is 12.2. The number of amides is 1. The average Bonchev–Trinajstić information content (AvgIpc) is 2.91. The number of rotatable bonds is 6. The van der Waals surface area contributed by atoms with Crippen LogP contribution in [0.5, 0.6) is 0 Å². The van der Waals surface area contributed by atoms with Gasteiger partial charge in [-0.15, -0.1) is 0 Å². The second-order valence-electron chi connectivity index (χ2n) is 9.17. The first-order chi connectivity index (χ1) is 18.3. The van der Waals surface area contributed by atoms with Gasteiger partial charge in [0.1, 0.15) is 22.7 Å². The van der Waals surface area contributed by atoms with E-state index in [1.807, 2.05) is 17.0 Å². The van der Waals surface area contributed by atoms with Crippen molar-refractivity contribution >= 4 is 34.0 Å². The molecule has 3 heterocycles. The molecule has 1 saturated heterocycles. The zero-order chi connectivity index (χ0) is 26.8. The first kappa shape index (κ1) is 25.3. The average molecular weight is 520 g/mol. The molecule has 0 atom stereocenters. The van der Waals surface area contributed by atoms with Crippen molar-refractivity contribution < 1.29 is 13.6 Å². The molecule has 0 unspecified atom stereocenters. The predicted molar refractivity (Wildman–Crippen MR) is 142 cm³/mol. The topological polar surface area (TPSA) is 106 Å². The van der Waals surface area contributed by atoms with Gasteiger partial charge in [0.15, 0.2) is 0 Å². The number of anilines is 3. The van der Waals surface area contributed by atoms with E-state index in [1.165, 1.54) is 25.2 Å². The van der Waals surface area contributed by atoms with Gasteiger partial charge in [0.2, 0.25) is 5.95 Å². The Balaban J connectivity index is 1.34. The van der Waals surface area contributed by atoms with Crippen molar-refractivity contribution in [3.63, 3.8) is 0 Å². The third-order valence-electron chi connectivity index (χ3n) is 6.56. The SMILES string of the molecule is CNC(=O)c1ccc(N2CCN(Cc3cc(Nc4ccc(F)cc4)c4nc(C)c(=O)[nH]c4c3)CC2)c(F)n1. The van der Waals surface area contributed by atoms with Crippen molar-refractivity contribution in [2.75, 3.05) is 43.4 Å². The summed E-state index contributed by atoms with van der Waals surface area (Å²) in [4.78, 5) is 39.3. The maximum absolute atomic E-state index is 14.6. The van der Waals surface area contributed by atoms with Crippen LogP contribution in [0.4, 0.5) is 25.8 Å². The highest BCUT2D eigenvalue weighted by molar-refractivity contribution is 5.92. The van der Waals surface area contributed by atoms with Crippen molar-refractivity contribution in [2.24, 2.45) is 0 Å². The molecule has 11 heteroatoms. The Morgan fingerprint density at radius 3 is 2.45 bits per heavy atom. The molecule has 5 rings (SSSR count). The second kappa shape index (κ2) is 10.5. The van der Waals surface area contributed by atoms with E-state index in [4.69, 9.17) is 0 Å². The van der Waals surface area contributed by atoms with E-state index in [0.29, 0.717) is 66.5 Å².